The van der Waals surface area contributed by atoms with E-state index in [1.807, 2.05) is 20.8 Å². The molecule has 4 heteroatoms. The number of primary amides is 1. The first-order valence-corrected chi connectivity index (χ1v) is 6.39. The maximum Gasteiger partial charge on any atom is 0.237 e. The molecule has 0 saturated carbocycles. The van der Waals surface area contributed by atoms with Crippen LogP contribution in [0.25, 0.3) is 0 Å². The van der Waals surface area contributed by atoms with E-state index in [9.17, 15) is 4.79 Å². The standard InChI is InChI=1S/C13H29N3O/c1-9(2)15-13(6,12(14)17)8-11(5)16(7)10(3)4/h9-11,15H,8H2,1-7H3,(H2,14,17). The highest BCUT2D eigenvalue weighted by atomic mass is 16.1. The van der Waals surface area contributed by atoms with E-state index in [0.29, 0.717) is 12.1 Å². The van der Waals surface area contributed by atoms with Gasteiger partial charge in [0.15, 0.2) is 0 Å². The van der Waals surface area contributed by atoms with Gasteiger partial charge in [0.1, 0.15) is 0 Å². The van der Waals surface area contributed by atoms with Crippen LogP contribution in [-0.4, -0.2) is 41.5 Å². The molecule has 0 aliphatic rings. The lowest BCUT2D eigenvalue weighted by molar-refractivity contribution is -0.125. The van der Waals surface area contributed by atoms with E-state index in [1.165, 1.54) is 0 Å². The predicted octanol–water partition coefficient (Wildman–Crippen LogP) is 1.35. The van der Waals surface area contributed by atoms with Gasteiger partial charge in [0, 0.05) is 18.1 Å². The van der Waals surface area contributed by atoms with Gasteiger partial charge in [-0.3, -0.25) is 4.79 Å². The van der Waals surface area contributed by atoms with Crippen molar-refractivity contribution in [1.29, 1.82) is 0 Å². The first-order chi connectivity index (χ1) is 7.60. The first-order valence-electron chi connectivity index (χ1n) is 6.39. The summed E-state index contributed by atoms with van der Waals surface area (Å²) >= 11 is 0. The highest BCUT2D eigenvalue weighted by Crippen LogP contribution is 2.17. The Labute approximate surface area is 106 Å². The summed E-state index contributed by atoms with van der Waals surface area (Å²) in [5, 5.41) is 3.28. The fraction of sp³-hybridized carbons (Fsp3) is 0.923. The number of carbonyl (C=O) groups excluding carboxylic acids is 1. The SMILES string of the molecule is CC(C)NC(C)(CC(C)N(C)C(C)C)C(N)=O. The Bertz CT molecular complexity index is 253. The van der Waals surface area contributed by atoms with Gasteiger partial charge >= 0.3 is 0 Å². The molecule has 2 atom stereocenters. The number of hydrogen-bond acceptors (Lipinski definition) is 3. The fourth-order valence-corrected chi connectivity index (χ4v) is 2.11. The largest absolute Gasteiger partial charge is 0.368 e. The molecule has 0 aromatic carbocycles. The topological polar surface area (TPSA) is 58.4 Å². The van der Waals surface area contributed by atoms with Crippen molar-refractivity contribution >= 4 is 5.91 Å². The zero-order valence-corrected chi connectivity index (χ0v) is 12.4. The molecular formula is C13H29N3O. The molecule has 0 aromatic heterocycles. The minimum absolute atomic E-state index is 0.240. The summed E-state index contributed by atoms with van der Waals surface area (Å²) in [5.41, 5.74) is 4.88. The van der Waals surface area contributed by atoms with Gasteiger partial charge in [-0.15, -0.1) is 0 Å². The number of nitrogens with one attached hydrogen (secondary N) is 1. The lowest BCUT2D eigenvalue weighted by atomic mass is 9.91. The van der Waals surface area contributed by atoms with E-state index in [2.05, 4.69) is 38.0 Å². The second-order valence-corrected chi connectivity index (χ2v) is 5.81. The van der Waals surface area contributed by atoms with Gasteiger partial charge in [0.2, 0.25) is 5.91 Å². The molecule has 3 N–H and O–H groups in total. The quantitative estimate of drug-likeness (QED) is 0.709. The van der Waals surface area contributed by atoms with E-state index in [0.717, 1.165) is 6.42 Å². The Kier molecular flexibility index (Phi) is 6.13. The highest BCUT2D eigenvalue weighted by molar-refractivity contribution is 5.84. The average molecular weight is 243 g/mol. The molecule has 0 aliphatic carbocycles. The maximum absolute atomic E-state index is 11.6. The average Bonchev–Trinajstić information content (AvgIpc) is 2.14. The Morgan fingerprint density at radius 3 is 2.06 bits per heavy atom. The van der Waals surface area contributed by atoms with Crippen molar-refractivity contribution in [2.24, 2.45) is 5.73 Å². The summed E-state index contributed by atoms with van der Waals surface area (Å²) in [4.78, 5) is 13.9. The molecule has 0 rings (SSSR count). The molecule has 0 heterocycles. The molecule has 0 radical (unpaired) electrons. The van der Waals surface area contributed by atoms with E-state index < -0.39 is 5.54 Å². The molecule has 1 amide bonds. The van der Waals surface area contributed by atoms with Crippen LogP contribution >= 0.6 is 0 Å². The minimum Gasteiger partial charge on any atom is -0.368 e. The summed E-state index contributed by atoms with van der Waals surface area (Å²) in [6, 6.07) is 1.00. The molecule has 0 bridgehead atoms. The summed E-state index contributed by atoms with van der Waals surface area (Å²) in [6.45, 7) is 12.4. The first kappa shape index (κ1) is 16.4. The van der Waals surface area contributed by atoms with Crippen LogP contribution in [0.1, 0.15) is 48.0 Å². The van der Waals surface area contributed by atoms with Crippen LogP contribution in [0.3, 0.4) is 0 Å². The van der Waals surface area contributed by atoms with Crippen molar-refractivity contribution in [3.05, 3.63) is 0 Å². The van der Waals surface area contributed by atoms with E-state index in [-0.39, 0.29) is 11.9 Å². The third kappa shape index (κ3) is 5.04. The van der Waals surface area contributed by atoms with Crippen molar-refractivity contribution in [1.82, 2.24) is 10.2 Å². The van der Waals surface area contributed by atoms with Crippen LogP contribution < -0.4 is 11.1 Å². The van der Waals surface area contributed by atoms with Gasteiger partial charge in [-0.25, -0.2) is 0 Å². The third-order valence-corrected chi connectivity index (χ3v) is 3.36. The Balaban J connectivity index is 4.71. The number of nitrogens with zero attached hydrogens (tertiary/aromatic N) is 1. The summed E-state index contributed by atoms with van der Waals surface area (Å²) in [7, 11) is 2.08. The Hall–Kier alpha value is -0.610. The van der Waals surface area contributed by atoms with Crippen molar-refractivity contribution in [2.45, 2.75) is 71.6 Å². The van der Waals surface area contributed by atoms with Crippen molar-refractivity contribution in [2.75, 3.05) is 7.05 Å². The predicted molar refractivity (Wildman–Crippen MR) is 72.8 cm³/mol. The summed E-state index contributed by atoms with van der Waals surface area (Å²) in [6.07, 6.45) is 0.717. The van der Waals surface area contributed by atoms with Crippen LogP contribution in [0.15, 0.2) is 0 Å². The van der Waals surface area contributed by atoms with Crippen LogP contribution in [-0.2, 0) is 4.79 Å². The van der Waals surface area contributed by atoms with Gasteiger partial charge in [-0.1, -0.05) is 0 Å². The molecule has 17 heavy (non-hydrogen) atoms. The molecule has 0 saturated heterocycles. The van der Waals surface area contributed by atoms with Crippen molar-refractivity contribution in [3.8, 4) is 0 Å². The van der Waals surface area contributed by atoms with Crippen LogP contribution in [0.5, 0.6) is 0 Å². The minimum atomic E-state index is -0.642. The molecular weight excluding hydrogens is 214 g/mol. The second-order valence-electron chi connectivity index (χ2n) is 5.81. The summed E-state index contributed by atoms with van der Waals surface area (Å²) < 4.78 is 0. The number of nitrogens with two attached hydrogens (primary N) is 1. The molecule has 0 aliphatic heterocycles. The van der Waals surface area contributed by atoms with Crippen LogP contribution in [0, 0.1) is 0 Å². The molecule has 2 unspecified atom stereocenters. The van der Waals surface area contributed by atoms with E-state index >= 15 is 0 Å². The molecule has 0 aromatic rings. The van der Waals surface area contributed by atoms with Gasteiger partial charge in [-0.05, 0) is 55.0 Å². The molecule has 0 fully saturated rings. The van der Waals surface area contributed by atoms with Gasteiger partial charge in [-0.2, -0.15) is 0 Å². The zero-order valence-electron chi connectivity index (χ0n) is 12.4. The summed E-state index contributed by atoms with van der Waals surface area (Å²) in [5.74, 6) is -0.282. The van der Waals surface area contributed by atoms with Gasteiger partial charge in [0.05, 0.1) is 5.54 Å². The molecule has 4 nitrogen and oxygen atoms in total. The van der Waals surface area contributed by atoms with Crippen LogP contribution in [0.4, 0.5) is 0 Å². The fourth-order valence-electron chi connectivity index (χ4n) is 2.11. The number of carbonyl (C=O) groups is 1. The number of amides is 1. The van der Waals surface area contributed by atoms with Crippen LogP contribution in [0.2, 0.25) is 0 Å². The molecule has 102 valence electrons. The zero-order chi connectivity index (χ0) is 13.8. The lowest BCUT2D eigenvalue weighted by Crippen LogP contribution is -2.58. The van der Waals surface area contributed by atoms with Crippen molar-refractivity contribution in [3.63, 3.8) is 0 Å². The van der Waals surface area contributed by atoms with E-state index in [4.69, 9.17) is 5.73 Å². The lowest BCUT2D eigenvalue weighted by Gasteiger charge is -2.37. The highest BCUT2D eigenvalue weighted by Gasteiger charge is 2.34. The van der Waals surface area contributed by atoms with Gasteiger partial charge in [0.25, 0.3) is 0 Å². The van der Waals surface area contributed by atoms with Crippen molar-refractivity contribution < 1.29 is 4.79 Å². The smallest absolute Gasteiger partial charge is 0.237 e. The Morgan fingerprint density at radius 2 is 1.76 bits per heavy atom. The third-order valence-electron chi connectivity index (χ3n) is 3.36. The monoisotopic (exact) mass is 243 g/mol. The van der Waals surface area contributed by atoms with E-state index in [1.54, 1.807) is 0 Å². The second kappa shape index (κ2) is 6.36. The maximum atomic E-state index is 11.6. The Morgan fingerprint density at radius 1 is 1.29 bits per heavy atom. The number of rotatable bonds is 7. The number of hydrogen-bond donors (Lipinski definition) is 2. The normalized spacial score (nSPS) is 17.5. The molecule has 0 spiro atoms. The van der Waals surface area contributed by atoms with Gasteiger partial charge < -0.3 is 16.0 Å².